The van der Waals surface area contributed by atoms with Gasteiger partial charge in [-0.2, -0.15) is 0 Å². The highest BCUT2D eigenvalue weighted by Gasteiger charge is 2.21. The van der Waals surface area contributed by atoms with Gasteiger partial charge in [-0.15, -0.1) is 0 Å². The van der Waals surface area contributed by atoms with Gasteiger partial charge in [0.1, 0.15) is 6.73 Å². The van der Waals surface area contributed by atoms with Crippen LogP contribution in [-0.4, -0.2) is 51.1 Å². The van der Waals surface area contributed by atoms with E-state index in [0.717, 1.165) is 39.1 Å². The minimum absolute atomic E-state index is 0.0993. The van der Waals surface area contributed by atoms with Crippen LogP contribution >= 0.6 is 0 Å². The van der Waals surface area contributed by atoms with Crippen molar-refractivity contribution in [2.75, 3.05) is 40.1 Å². The zero-order valence-corrected chi connectivity index (χ0v) is 8.20. The highest BCUT2D eigenvalue weighted by molar-refractivity contribution is 4.73. The lowest BCUT2D eigenvalue weighted by Gasteiger charge is -2.12. The fourth-order valence-corrected chi connectivity index (χ4v) is 1.50. The third-order valence-corrected chi connectivity index (χ3v) is 2.26. The highest BCUT2D eigenvalue weighted by Crippen LogP contribution is 2.11. The molecule has 0 aliphatic carbocycles. The van der Waals surface area contributed by atoms with Crippen molar-refractivity contribution in [2.45, 2.75) is 18.9 Å². The van der Waals surface area contributed by atoms with Crippen LogP contribution in [0.3, 0.4) is 0 Å². The molecule has 1 fully saturated rings. The van der Waals surface area contributed by atoms with E-state index in [-0.39, 0.29) is 12.8 Å². The summed E-state index contributed by atoms with van der Waals surface area (Å²) in [4.78, 5) is 1.88. The lowest BCUT2D eigenvalue weighted by atomic mass is 10.3. The Kier molecular flexibility index (Phi) is 5.31. The van der Waals surface area contributed by atoms with Crippen LogP contribution in [0.4, 0.5) is 0 Å². The largest absolute Gasteiger partial charge is 0.385 e. The number of likely N-dealkylation sites (tertiary alicyclic amines) is 1. The van der Waals surface area contributed by atoms with Gasteiger partial charge in [0.15, 0.2) is 0 Å². The predicted octanol–water partition coefficient (Wildman–Crippen LogP) is 0.502. The SMILES string of the molecule is COCCCOC1CCN(C[O])C1. The average Bonchev–Trinajstić information content (AvgIpc) is 2.60. The Morgan fingerprint density at radius 3 is 2.92 bits per heavy atom. The summed E-state index contributed by atoms with van der Waals surface area (Å²) in [6.07, 6.45) is 2.20. The van der Waals surface area contributed by atoms with Gasteiger partial charge in [0, 0.05) is 33.4 Å². The number of ether oxygens (including phenoxy) is 2. The molecule has 1 saturated heterocycles. The molecule has 1 aliphatic rings. The maximum atomic E-state index is 10.5. The lowest BCUT2D eigenvalue weighted by Crippen LogP contribution is -2.23. The molecule has 13 heavy (non-hydrogen) atoms. The smallest absolute Gasteiger partial charge is 0.135 e. The second-order valence-electron chi connectivity index (χ2n) is 3.33. The molecule has 0 spiro atoms. The van der Waals surface area contributed by atoms with Crippen molar-refractivity contribution in [1.29, 1.82) is 0 Å². The molecular weight excluding hydrogens is 170 g/mol. The van der Waals surface area contributed by atoms with E-state index in [1.807, 2.05) is 4.90 Å². The third-order valence-electron chi connectivity index (χ3n) is 2.26. The minimum atomic E-state index is -0.0993. The molecule has 0 aromatic rings. The van der Waals surface area contributed by atoms with Gasteiger partial charge in [-0.25, -0.2) is 5.11 Å². The van der Waals surface area contributed by atoms with Crippen LogP contribution in [0.15, 0.2) is 0 Å². The van der Waals surface area contributed by atoms with Crippen molar-refractivity contribution in [3.05, 3.63) is 0 Å². The first kappa shape index (κ1) is 10.9. The summed E-state index contributed by atoms with van der Waals surface area (Å²) in [5.74, 6) is 0. The Bertz CT molecular complexity index is 132. The molecule has 0 aromatic heterocycles. The maximum Gasteiger partial charge on any atom is 0.135 e. The van der Waals surface area contributed by atoms with Crippen molar-refractivity contribution in [3.8, 4) is 0 Å². The van der Waals surface area contributed by atoms with E-state index < -0.39 is 0 Å². The number of nitrogens with zero attached hydrogens (tertiary/aromatic N) is 1. The average molecular weight is 188 g/mol. The number of hydrogen-bond donors (Lipinski definition) is 0. The molecule has 1 unspecified atom stereocenters. The zero-order valence-electron chi connectivity index (χ0n) is 8.20. The summed E-state index contributed by atoms with van der Waals surface area (Å²) < 4.78 is 10.5. The number of hydrogen-bond acceptors (Lipinski definition) is 3. The van der Waals surface area contributed by atoms with Crippen molar-refractivity contribution < 1.29 is 14.6 Å². The molecule has 1 heterocycles. The minimum Gasteiger partial charge on any atom is -0.385 e. The molecule has 1 rings (SSSR count). The van der Waals surface area contributed by atoms with Crippen molar-refractivity contribution in [1.82, 2.24) is 4.90 Å². The number of methoxy groups -OCH3 is 1. The van der Waals surface area contributed by atoms with Gasteiger partial charge in [0.05, 0.1) is 6.10 Å². The molecule has 4 heteroatoms. The van der Waals surface area contributed by atoms with Crippen molar-refractivity contribution in [2.24, 2.45) is 0 Å². The molecule has 77 valence electrons. The van der Waals surface area contributed by atoms with Gasteiger partial charge in [0.25, 0.3) is 0 Å². The third kappa shape index (κ3) is 4.04. The fourth-order valence-electron chi connectivity index (χ4n) is 1.50. The van der Waals surface area contributed by atoms with Gasteiger partial charge in [-0.3, -0.25) is 4.90 Å². The van der Waals surface area contributed by atoms with Gasteiger partial charge in [0.2, 0.25) is 0 Å². The fraction of sp³-hybridized carbons (Fsp3) is 1.00. The number of rotatable bonds is 6. The summed E-state index contributed by atoms with van der Waals surface area (Å²) in [6, 6.07) is 0. The van der Waals surface area contributed by atoms with Crippen molar-refractivity contribution in [3.63, 3.8) is 0 Å². The normalized spacial score (nSPS) is 24.0. The second-order valence-corrected chi connectivity index (χ2v) is 3.33. The van der Waals surface area contributed by atoms with Gasteiger partial charge < -0.3 is 9.47 Å². The summed E-state index contributed by atoms with van der Waals surface area (Å²) >= 11 is 0. The molecule has 1 atom stereocenters. The Balaban J connectivity index is 1.97. The molecule has 1 aliphatic heterocycles. The first-order chi connectivity index (χ1) is 6.36. The van der Waals surface area contributed by atoms with Gasteiger partial charge in [-0.05, 0) is 12.8 Å². The molecular formula is C9H18NO3. The standard InChI is InChI=1S/C9H18NO3/c1-12-5-2-6-13-9-3-4-10(7-9)8-11/h9H,2-8H2,1H3. The Morgan fingerprint density at radius 1 is 1.46 bits per heavy atom. The summed E-state index contributed by atoms with van der Waals surface area (Å²) in [7, 11) is 1.69. The Labute approximate surface area is 79.4 Å². The maximum absolute atomic E-state index is 10.5. The van der Waals surface area contributed by atoms with Crippen LogP contribution in [-0.2, 0) is 14.6 Å². The van der Waals surface area contributed by atoms with Gasteiger partial charge in [-0.1, -0.05) is 0 Å². The van der Waals surface area contributed by atoms with Crippen LogP contribution in [0.5, 0.6) is 0 Å². The lowest BCUT2D eigenvalue weighted by molar-refractivity contribution is 0.0243. The van der Waals surface area contributed by atoms with Crippen LogP contribution in [0, 0.1) is 0 Å². The predicted molar refractivity (Wildman–Crippen MR) is 48.0 cm³/mol. The van der Waals surface area contributed by atoms with Gasteiger partial charge >= 0.3 is 0 Å². The van der Waals surface area contributed by atoms with E-state index in [9.17, 15) is 5.11 Å². The topological polar surface area (TPSA) is 41.6 Å². The van der Waals surface area contributed by atoms with E-state index >= 15 is 0 Å². The molecule has 0 saturated carbocycles. The molecule has 0 aromatic carbocycles. The van der Waals surface area contributed by atoms with E-state index in [2.05, 4.69) is 0 Å². The van der Waals surface area contributed by atoms with Crippen molar-refractivity contribution >= 4 is 0 Å². The van der Waals surface area contributed by atoms with E-state index in [1.165, 1.54) is 0 Å². The van der Waals surface area contributed by atoms with Crippen LogP contribution in [0.25, 0.3) is 0 Å². The second kappa shape index (κ2) is 6.32. The van der Waals surface area contributed by atoms with E-state index in [4.69, 9.17) is 9.47 Å². The molecule has 0 N–H and O–H groups in total. The Morgan fingerprint density at radius 2 is 2.31 bits per heavy atom. The highest BCUT2D eigenvalue weighted by atomic mass is 16.5. The first-order valence-corrected chi connectivity index (χ1v) is 4.78. The zero-order chi connectivity index (χ0) is 9.52. The molecule has 4 nitrogen and oxygen atoms in total. The first-order valence-electron chi connectivity index (χ1n) is 4.78. The van der Waals surface area contributed by atoms with Crippen LogP contribution in [0.1, 0.15) is 12.8 Å². The van der Waals surface area contributed by atoms with E-state index in [1.54, 1.807) is 7.11 Å². The monoisotopic (exact) mass is 188 g/mol. The molecule has 1 radical (unpaired) electrons. The van der Waals surface area contributed by atoms with Crippen LogP contribution < -0.4 is 0 Å². The van der Waals surface area contributed by atoms with Crippen LogP contribution in [0.2, 0.25) is 0 Å². The molecule has 0 amide bonds. The quantitative estimate of drug-likeness (QED) is 0.570. The summed E-state index contributed by atoms with van der Waals surface area (Å²) in [5, 5.41) is 10.5. The summed E-state index contributed by atoms with van der Waals surface area (Å²) in [5.41, 5.74) is 0. The van der Waals surface area contributed by atoms with E-state index in [0.29, 0.717) is 0 Å². The summed E-state index contributed by atoms with van der Waals surface area (Å²) in [6.45, 7) is 3.08. The molecule has 0 bridgehead atoms. The Hall–Kier alpha value is -0.160.